The van der Waals surface area contributed by atoms with Crippen LogP contribution in [0, 0.1) is 0 Å². The van der Waals surface area contributed by atoms with E-state index in [1.807, 2.05) is 0 Å². The molecule has 2 heterocycles. The number of nitrogens with one attached hydrogen (secondary N) is 2. The van der Waals surface area contributed by atoms with Crippen molar-refractivity contribution in [3.05, 3.63) is 59.3 Å². The van der Waals surface area contributed by atoms with E-state index in [9.17, 15) is 18.0 Å². The average Bonchev–Trinajstić information content (AvgIpc) is 2.65. The molecule has 1 aromatic rings. The van der Waals surface area contributed by atoms with Crippen molar-refractivity contribution in [1.82, 2.24) is 14.9 Å². The van der Waals surface area contributed by atoms with Gasteiger partial charge in [-0.1, -0.05) is 18.7 Å². The predicted molar refractivity (Wildman–Crippen MR) is 96.6 cm³/mol. The fourth-order valence-corrected chi connectivity index (χ4v) is 3.58. The maximum atomic E-state index is 12.7. The highest BCUT2D eigenvalue weighted by molar-refractivity contribution is 7.88. The lowest BCUT2D eigenvalue weighted by Gasteiger charge is -2.31. The number of hydrogen-bond donors (Lipinski definition) is 2. The first-order chi connectivity index (χ1) is 12.4. The van der Waals surface area contributed by atoms with Gasteiger partial charge in [0.05, 0.1) is 0 Å². The minimum Gasteiger partial charge on any atom is -0.348 e. The summed E-state index contributed by atoms with van der Waals surface area (Å²) >= 11 is 0. The highest BCUT2D eigenvalue weighted by Gasteiger charge is 2.27. The summed E-state index contributed by atoms with van der Waals surface area (Å²) in [5, 5.41) is 2.67. The van der Waals surface area contributed by atoms with Crippen molar-refractivity contribution >= 4 is 28.2 Å². The topological polar surface area (TPSA) is 108 Å². The fraction of sp³-hybridized carbons (Fsp3) is 0.235. The molecule has 2 amide bonds. The van der Waals surface area contributed by atoms with Gasteiger partial charge >= 0.3 is 10.2 Å². The lowest BCUT2D eigenvalue weighted by Crippen LogP contribution is -2.41. The number of amides is 2. The summed E-state index contributed by atoms with van der Waals surface area (Å²) in [7, 11) is -3.64. The molecule has 0 aromatic heterocycles. The molecule has 2 aliphatic heterocycles. The van der Waals surface area contributed by atoms with Crippen molar-refractivity contribution in [2.75, 3.05) is 13.1 Å². The second-order valence-electron chi connectivity index (χ2n) is 5.91. The van der Waals surface area contributed by atoms with Crippen LogP contribution in [-0.4, -0.2) is 44.4 Å². The van der Waals surface area contributed by atoms with Crippen LogP contribution >= 0.6 is 0 Å². The summed E-state index contributed by atoms with van der Waals surface area (Å²) in [6.45, 7) is 4.47. The Kier molecular flexibility index (Phi) is 4.90. The van der Waals surface area contributed by atoms with Crippen LogP contribution in [-0.2, 0) is 21.5 Å². The zero-order chi connectivity index (χ0) is 18.7. The number of carbonyl (C=O) groups is 2. The standard InChI is InChI=1S/C17H18N4O4S/c1-2-16(22)18-9-12-3-5-13(6-4-12)17(23)21-8-7-15-14(11-21)10-19-26(24,25)20-15/h2-6,10,20H,1,7-9,11H2,(H,18,22). The predicted octanol–water partition coefficient (Wildman–Crippen LogP) is 0.508. The minimum absolute atomic E-state index is 0.139. The van der Waals surface area contributed by atoms with Crippen molar-refractivity contribution in [2.45, 2.75) is 13.0 Å². The van der Waals surface area contributed by atoms with Crippen molar-refractivity contribution in [2.24, 2.45) is 4.40 Å². The first kappa shape index (κ1) is 17.9. The highest BCUT2D eigenvalue weighted by atomic mass is 32.2. The smallest absolute Gasteiger partial charge is 0.341 e. The molecular formula is C17H18N4O4S. The fourth-order valence-electron chi connectivity index (χ4n) is 2.72. The molecule has 0 saturated carbocycles. The Hall–Kier alpha value is -2.94. The second-order valence-corrected chi connectivity index (χ2v) is 7.28. The molecular weight excluding hydrogens is 356 g/mol. The molecule has 0 spiro atoms. The van der Waals surface area contributed by atoms with E-state index in [4.69, 9.17) is 0 Å². The number of benzene rings is 1. The van der Waals surface area contributed by atoms with Crippen LogP contribution in [0.4, 0.5) is 0 Å². The summed E-state index contributed by atoms with van der Waals surface area (Å²) in [6, 6.07) is 6.97. The zero-order valence-electron chi connectivity index (χ0n) is 13.9. The lowest BCUT2D eigenvalue weighted by atomic mass is 10.1. The lowest BCUT2D eigenvalue weighted by molar-refractivity contribution is -0.116. The van der Waals surface area contributed by atoms with Crippen molar-refractivity contribution in [1.29, 1.82) is 0 Å². The Balaban J connectivity index is 1.65. The van der Waals surface area contributed by atoms with E-state index < -0.39 is 10.2 Å². The molecule has 0 aliphatic carbocycles. The molecule has 1 aromatic carbocycles. The summed E-state index contributed by atoms with van der Waals surface area (Å²) in [5.41, 5.74) is 2.69. The molecule has 3 rings (SSSR count). The number of carbonyl (C=O) groups excluding carboxylic acids is 2. The number of rotatable bonds is 4. The van der Waals surface area contributed by atoms with E-state index in [1.54, 1.807) is 29.2 Å². The van der Waals surface area contributed by atoms with Gasteiger partial charge in [0.1, 0.15) is 0 Å². The Morgan fingerprint density at radius 2 is 2.04 bits per heavy atom. The van der Waals surface area contributed by atoms with Crippen LogP contribution in [0.25, 0.3) is 0 Å². The quantitative estimate of drug-likeness (QED) is 0.749. The van der Waals surface area contributed by atoms with Gasteiger partial charge in [-0.15, -0.1) is 0 Å². The van der Waals surface area contributed by atoms with Gasteiger partial charge in [0.2, 0.25) is 5.91 Å². The molecule has 0 fully saturated rings. The third-order valence-corrected chi connectivity index (χ3v) is 5.01. The van der Waals surface area contributed by atoms with Crippen LogP contribution in [0.2, 0.25) is 0 Å². The van der Waals surface area contributed by atoms with E-state index >= 15 is 0 Å². The molecule has 2 N–H and O–H groups in total. The SMILES string of the molecule is C=CC(=O)NCc1ccc(C(=O)N2CCC3=C(C=NS(=O)(=O)N3)C2)cc1. The normalized spacial score (nSPS) is 17.9. The molecule has 0 atom stereocenters. The highest BCUT2D eigenvalue weighted by Crippen LogP contribution is 2.20. The zero-order valence-corrected chi connectivity index (χ0v) is 14.8. The first-order valence-corrected chi connectivity index (χ1v) is 9.40. The van der Waals surface area contributed by atoms with Gasteiger partial charge in [0, 0.05) is 49.1 Å². The average molecular weight is 374 g/mol. The molecule has 2 aliphatic rings. The molecule has 0 bridgehead atoms. The van der Waals surface area contributed by atoms with Gasteiger partial charge in [-0.3, -0.25) is 14.3 Å². The van der Waals surface area contributed by atoms with E-state index in [1.165, 1.54) is 12.3 Å². The van der Waals surface area contributed by atoms with E-state index in [0.29, 0.717) is 42.9 Å². The van der Waals surface area contributed by atoms with Crippen LogP contribution in [0.3, 0.4) is 0 Å². The molecule has 0 radical (unpaired) electrons. The van der Waals surface area contributed by atoms with Gasteiger partial charge in [-0.25, -0.2) is 0 Å². The molecule has 136 valence electrons. The minimum atomic E-state index is -3.64. The molecule has 26 heavy (non-hydrogen) atoms. The summed E-state index contributed by atoms with van der Waals surface area (Å²) in [6.07, 6.45) is 2.93. The summed E-state index contributed by atoms with van der Waals surface area (Å²) in [4.78, 5) is 25.5. The van der Waals surface area contributed by atoms with Crippen molar-refractivity contribution in [3.63, 3.8) is 0 Å². The Bertz CT molecular complexity index is 917. The van der Waals surface area contributed by atoms with Crippen LogP contribution in [0.1, 0.15) is 22.3 Å². The second kappa shape index (κ2) is 7.12. The van der Waals surface area contributed by atoms with E-state index in [-0.39, 0.29) is 11.8 Å². The first-order valence-electron chi connectivity index (χ1n) is 7.96. The molecule has 8 nitrogen and oxygen atoms in total. The maximum absolute atomic E-state index is 12.7. The van der Waals surface area contributed by atoms with E-state index in [2.05, 4.69) is 21.0 Å². The van der Waals surface area contributed by atoms with Gasteiger partial charge < -0.3 is 10.2 Å². The molecule has 9 heteroatoms. The van der Waals surface area contributed by atoms with E-state index in [0.717, 1.165) is 5.56 Å². The van der Waals surface area contributed by atoms with Crippen molar-refractivity contribution in [3.8, 4) is 0 Å². The van der Waals surface area contributed by atoms with Crippen LogP contribution < -0.4 is 10.0 Å². The largest absolute Gasteiger partial charge is 0.348 e. The number of hydrogen-bond acceptors (Lipinski definition) is 4. The van der Waals surface area contributed by atoms with Crippen molar-refractivity contribution < 1.29 is 18.0 Å². The van der Waals surface area contributed by atoms with Gasteiger partial charge in [0.25, 0.3) is 5.91 Å². The van der Waals surface area contributed by atoms with Gasteiger partial charge in [-0.2, -0.15) is 12.8 Å². The Labute approximate surface area is 151 Å². The van der Waals surface area contributed by atoms with Gasteiger partial charge in [0.15, 0.2) is 0 Å². The van der Waals surface area contributed by atoms with Crippen LogP contribution in [0.15, 0.2) is 52.6 Å². The number of nitrogens with zero attached hydrogens (tertiary/aromatic N) is 2. The Morgan fingerprint density at radius 3 is 2.73 bits per heavy atom. The Morgan fingerprint density at radius 1 is 1.31 bits per heavy atom. The monoisotopic (exact) mass is 374 g/mol. The summed E-state index contributed by atoms with van der Waals surface area (Å²) in [5.74, 6) is -0.396. The van der Waals surface area contributed by atoms with Gasteiger partial charge in [-0.05, 0) is 23.8 Å². The maximum Gasteiger partial charge on any atom is 0.341 e. The third kappa shape index (κ3) is 3.99. The molecule has 0 unspecified atom stereocenters. The third-order valence-electron chi connectivity index (χ3n) is 4.12. The molecule has 0 saturated heterocycles. The van der Waals surface area contributed by atoms with Crippen LogP contribution in [0.5, 0.6) is 0 Å². The summed E-state index contributed by atoms with van der Waals surface area (Å²) < 4.78 is 28.7.